The number of carboxylic acids is 1. The molecular weight excluding hydrogens is 522 g/mol. The third-order valence-corrected chi connectivity index (χ3v) is 8.78. The fourth-order valence-electron chi connectivity index (χ4n) is 6.78. The number of anilines is 1. The van der Waals surface area contributed by atoms with Crippen LogP contribution in [0, 0.1) is 29.4 Å². The van der Waals surface area contributed by atoms with Gasteiger partial charge in [-0.3, -0.25) is 4.79 Å². The second-order valence-electron chi connectivity index (χ2n) is 11.1. The van der Waals surface area contributed by atoms with E-state index in [-0.39, 0.29) is 23.4 Å². The van der Waals surface area contributed by atoms with Crippen LogP contribution in [0.4, 0.5) is 14.6 Å². The molecule has 5 aromatic rings. The van der Waals surface area contributed by atoms with Gasteiger partial charge in [0.25, 0.3) is 0 Å². The van der Waals surface area contributed by atoms with Gasteiger partial charge in [-0.05, 0) is 54.7 Å². The summed E-state index contributed by atoms with van der Waals surface area (Å²) in [5, 5.41) is 13.9. The zero-order valence-corrected chi connectivity index (χ0v) is 22.1. The van der Waals surface area contributed by atoms with E-state index in [4.69, 9.17) is 9.97 Å². The van der Waals surface area contributed by atoms with E-state index >= 15 is 0 Å². The number of carboxylic acid groups (broad SMARTS) is 1. The smallest absolute Gasteiger partial charge is 0.308 e. The van der Waals surface area contributed by atoms with Crippen LogP contribution in [0.5, 0.6) is 0 Å². The maximum absolute atomic E-state index is 14.5. The molecule has 3 N–H and O–H groups in total. The van der Waals surface area contributed by atoms with Crippen molar-refractivity contribution in [1.82, 2.24) is 15.0 Å². The molecule has 0 aliphatic heterocycles. The maximum Gasteiger partial charge on any atom is 0.308 e. The fraction of sp³-hybridized carbons (Fsp3) is 0.242. The molecule has 41 heavy (non-hydrogen) atoms. The summed E-state index contributed by atoms with van der Waals surface area (Å²) in [6, 6.07) is 21.8. The van der Waals surface area contributed by atoms with Crippen molar-refractivity contribution < 1.29 is 18.7 Å². The first-order valence-electron chi connectivity index (χ1n) is 14.0. The normalized spacial score (nSPS) is 21.7. The number of aromatic nitrogens is 3. The van der Waals surface area contributed by atoms with Crippen LogP contribution in [0.15, 0.2) is 79.0 Å². The van der Waals surface area contributed by atoms with Crippen LogP contribution < -0.4 is 5.32 Å². The Morgan fingerprint density at radius 1 is 0.854 bits per heavy atom. The predicted molar refractivity (Wildman–Crippen MR) is 154 cm³/mol. The van der Waals surface area contributed by atoms with Gasteiger partial charge in [0.2, 0.25) is 0 Å². The highest BCUT2D eigenvalue weighted by Crippen LogP contribution is 2.46. The lowest BCUT2D eigenvalue weighted by Gasteiger charge is -2.47. The van der Waals surface area contributed by atoms with E-state index in [0.29, 0.717) is 28.3 Å². The van der Waals surface area contributed by atoms with E-state index in [0.717, 1.165) is 48.4 Å². The summed E-state index contributed by atoms with van der Waals surface area (Å²) in [6.45, 7) is 0. The van der Waals surface area contributed by atoms with E-state index < -0.39 is 23.5 Å². The number of rotatable bonds is 6. The first-order chi connectivity index (χ1) is 19.9. The van der Waals surface area contributed by atoms with E-state index in [1.807, 2.05) is 60.7 Å². The van der Waals surface area contributed by atoms with Gasteiger partial charge in [0.05, 0.1) is 17.1 Å². The highest BCUT2D eigenvalue weighted by Gasteiger charge is 2.47. The van der Waals surface area contributed by atoms with Crippen molar-refractivity contribution in [3.63, 3.8) is 0 Å². The number of H-pyrrole nitrogens is 1. The lowest BCUT2D eigenvalue weighted by Crippen LogP contribution is -2.51. The number of halogens is 2. The zero-order chi connectivity index (χ0) is 28.1. The molecule has 0 unspecified atom stereocenters. The Hall–Kier alpha value is -4.59. The summed E-state index contributed by atoms with van der Waals surface area (Å²) in [5.74, 6) is -1.50. The SMILES string of the molecule is O=C(O)[C@@H]1C2CCC(CC2)[C@H]1Nc1cc(-c2ccc(-c3ccccc3)cc2)nc(-c2c[nH]c3c(F)cc(F)cc23)n1. The first-order valence-corrected chi connectivity index (χ1v) is 14.0. The van der Waals surface area contributed by atoms with Crippen molar-refractivity contribution in [1.29, 1.82) is 0 Å². The molecule has 2 atom stereocenters. The predicted octanol–water partition coefficient (Wildman–Crippen LogP) is 7.54. The number of aromatic amines is 1. The zero-order valence-electron chi connectivity index (χ0n) is 22.1. The van der Waals surface area contributed by atoms with E-state index in [1.54, 1.807) is 6.20 Å². The lowest BCUT2D eigenvalue weighted by atomic mass is 9.61. The summed E-state index contributed by atoms with van der Waals surface area (Å²) < 4.78 is 28.7. The minimum Gasteiger partial charge on any atom is -0.481 e. The molecule has 6 nitrogen and oxygen atoms in total. The summed E-state index contributed by atoms with van der Waals surface area (Å²) in [5.41, 5.74) is 4.26. The number of aliphatic carboxylic acids is 1. The number of carbonyl (C=O) groups is 1. The molecule has 3 fully saturated rings. The number of nitrogens with zero attached hydrogens (tertiary/aromatic N) is 2. The molecule has 0 radical (unpaired) electrons. The Bertz CT molecular complexity index is 1750. The van der Waals surface area contributed by atoms with Gasteiger partial charge >= 0.3 is 5.97 Å². The second kappa shape index (κ2) is 10.1. The molecule has 3 aliphatic rings. The fourth-order valence-corrected chi connectivity index (χ4v) is 6.78. The van der Waals surface area contributed by atoms with Crippen LogP contribution in [0.2, 0.25) is 0 Å². The Balaban J connectivity index is 1.33. The first kappa shape index (κ1) is 25.4. The van der Waals surface area contributed by atoms with E-state index in [9.17, 15) is 18.7 Å². The Labute approximate surface area is 235 Å². The van der Waals surface area contributed by atoms with Crippen molar-refractivity contribution in [3.8, 4) is 33.8 Å². The molecule has 0 saturated heterocycles. The molecule has 2 bridgehead atoms. The van der Waals surface area contributed by atoms with Crippen LogP contribution in [0.3, 0.4) is 0 Å². The van der Waals surface area contributed by atoms with Crippen LogP contribution in [0.25, 0.3) is 44.7 Å². The van der Waals surface area contributed by atoms with Crippen molar-refractivity contribution >= 4 is 22.7 Å². The molecule has 3 saturated carbocycles. The van der Waals surface area contributed by atoms with Gasteiger partial charge in [-0.25, -0.2) is 18.7 Å². The molecule has 8 rings (SSSR count). The van der Waals surface area contributed by atoms with Crippen LogP contribution in [-0.4, -0.2) is 32.1 Å². The molecule has 8 heteroatoms. The molecule has 206 valence electrons. The number of nitrogens with one attached hydrogen (secondary N) is 2. The van der Waals surface area contributed by atoms with Crippen LogP contribution >= 0.6 is 0 Å². The second-order valence-corrected chi connectivity index (χ2v) is 11.1. The molecule has 2 heterocycles. The molecule has 3 aromatic carbocycles. The topological polar surface area (TPSA) is 90.9 Å². The number of benzene rings is 3. The molecule has 2 aromatic heterocycles. The molecular formula is C33H28F2N4O2. The maximum atomic E-state index is 14.5. The van der Waals surface area contributed by atoms with Gasteiger partial charge in [0.1, 0.15) is 17.5 Å². The van der Waals surface area contributed by atoms with E-state index in [1.165, 1.54) is 6.07 Å². The Kier molecular flexibility index (Phi) is 6.26. The Morgan fingerprint density at radius 2 is 1.54 bits per heavy atom. The molecule has 3 aliphatic carbocycles. The summed E-state index contributed by atoms with van der Waals surface area (Å²) in [7, 11) is 0. The lowest BCUT2D eigenvalue weighted by molar-refractivity contribution is -0.148. The number of hydrogen-bond acceptors (Lipinski definition) is 4. The minimum absolute atomic E-state index is 0.140. The average molecular weight is 551 g/mol. The molecule has 0 amide bonds. The van der Waals surface area contributed by atoms with Gasteiger partial charge < -0.3 is 15.4 Å². The van der Waals surface area contributed by atoms with Crippen molar-refractivity contribution in [3.05, 3.63) is 90.6 Å². The van der Waals surface area contributed by atoms with Crippen molar-refractivity contribution in [2.24, 2.45) is 17.8 Å². The highest BCUT2D eigenvalue weighted by molar-refractivity contribution is 5.94. The minimum atomic E-state index is -0.787. The van der Waals surface area contributed by atoms with Gasteiger partial charge in [0.15, 0.2) is 5.82 Å². The monoisotopic (exact) mass is 550 g/mol. The van der Waals surface area contributed by atoms with E-state index in [2.05, 4.69) is 10.3 Å². The third-order valence-electron chi connectivity index (χ3n) is 8.78. The van der Waals surface area contributed by atoms with Crippen LogP contribution in [0.1, 0.15) is 25.7 Å². The summed E-state index contributed by atoms with van der Waals surface area (Å²) in [6.07, 6.45) is 5.41. The van der Waals surface area contributed by atoms with Gasteiger partial charge in [-0.2, -0.15) is 0 Å². The largest absolute Gasteiger partial charge is 0.481 e. The summed E-state index contributed by atoms with van der Waals surface area (Å²) in [4.78, 5) is 24.8. The highest BCUT2D eigenvalue weighted by atomic mass is 19.1. The van der Waals surface area contributed by atoms with Crippen molar-refractivity contribution in [2.75, 3.05) is 5.32 Å². The standard InChI is InChI=1S/C33H28F2N4O2/c34-23-14-24-25(17-36-31(24)26(35)15-23)32-37-27(20-8-6-19(7-9-20)18-4-2-1-3-5-18)16-28(39-32)38-30-22-12-10-21(11-13-22)29(30)33(40)41/h1-9,14-17,21-22,29-30,36H,10-13H2,(H,40,41)(H,37,38,39)/t21?,22?,29-,30-/m1/s1. The van der Waals surface area contributed by atoms with Crippen LogP contribution in [-0.2, 0) is 4.79 Å². The average Bonchev–Trinajstić information content (AvgIpc) is 3.42. The van der Waals surface area contributed by atoms with Gasteiger partial charge in [0, 0.05) is 40.9 Å². The quantitative estimate of drug-likeness (QED) is 0.203. The molecule has 0 spiro atoms. The van der Waals surface area contributed by atoms with Gasteiger partial charge in [-0.15, -0.1) is 0 Å². The third kappa shape index (κ3) is 4.63. The number of fused-ring (bicyclic) bond motifs is 4. The number of hydrogen-bond donors (Lipinski definition) is 3. The summed E-state index contributed by atoms with van der Waals surface area (Å²) >= 11 is 0. The Morgan fingerprint density at radius 3 is 2.27 bits per heavy atom. The van der Waals surface area contributed by atoms with Gasteiger partial charge in [-0.1, -0.05) is 54.6 Å². The van der Waals surface area contributed by atoms with Crippen molar-refractivity contribution in [2.45, 2.75) is 31.7 Å².